The minimum absolute atomic E-state index is 0.00546. The Balaban J connectivity index is 3.03. The van der Waals surface area contributed by atoms with E-state index in [2.05, 4.69) is 25.4 Å². The second kappa shape index (κ2) is 8.06. The molecule has 1 aliphatic rings. The molecule has 5 heteroatoms. The van der Waals surface area contributed by atoms with Crippen molar-refractivity contribution in [3.63, 3.8) is 0 Å². The van der Waals surface area contributed by atoms with Crippen LogP contribution in [0.5, 0.6) is 0 Å². The SMILES string of the molecule is CCC(C)C1NC(=O)C(C(C)C)N(C(C)CCSC)C1=O. The molecule has 4 atom stereocenters. The lowest BCUT2D eigenvalue weighted by Crippen LogP contribution is -2.68. The summed E-state index contributed by atoms with van der Waals surface area (Å²) in [6.45, 7) is 10.2. The number of hydrogen-bond acceptors (Lipinski definition) is 3. The Bertz CT molecular complexity index is 373. The minimum atomic E-state index is -0.366. The van der Waals surface area contributed by atoms with Gasteiger partial charge in [-0.25, -0.2) is 0 Å². The summed E-state index contributed by atoms with van der Waals surface area (Å²) in [5.41, 5.74) is 0. The monoisotopic (exact) mass is 314 g/mol. The predicted molar refractivity (Wildman–Crippen MR) is 89.3 cm³/mol. The molecule has 0 saturated carbocycles. The Hall–Kier alpha value is -0.710. The van der Waals surface area contributed by atoms with Crippen LogP contribution in [0.25, 0.3) is 0 Å². The van der Waals surface area contributed by atoms with Crippen LogP contribution >= 0.6 is 11.8 Å². The van der Waals surface area contributed by atoms with Gasteiger partial charge in [0, 0.05) is 6.04 Å². The van der Waals surface area contributed by atoms with Gasteiger partial charge in [-0.1, -0.05) is 34.1 Å². The number of piperazine rings is 1. The standard InChI is InChI=1S/C16H30N2O2S/c1-7-11(4)13-16(20)18(12(5)8-9-21-6)14(10(2)3)15(19)17-13/h10-14H,7-9H2,1-6H3,(H,17,19). The van der Waals surface area contributed by atoms with Crippen molar-refractivity contribution in [3.8, 4) is 0 Å². The quantitative estimate of drug-likeness (QED) is 0.785. The molecular weight excluding hydrogens is 284 g/mol. The maximum absolute atomic E-state index is 12.9. The largest absolute Gasteiger partial charge is 0.342 e. The third-order valence-corrected chi connectivity index (χ3v) is 5.09. The van der Waals surface area contributed by atoms with Gasteiger partial charge in [-0.3, -0.25) is 9.59 Å². The van der Waals surface area contributed by atoms with Crippen LogP contribution in [0.2, 0.25) is 0 Å². The van der Waals surface area contributed by atoms with E-state index in [-0.39, 0.29) is 41.8 Å². The molecule has 1 heterocycles. The minimum Gasteiger partial charge on any atom is -0.342 e. The summed E-state index contributed by atoms with van der Waals surface area (Å²) < 4.78 is 0. The second-order valence-electron chi connectivity index (χ2n) is 6.44. The van der Waals surface area contributed by atoms with Crippen molar-refractivity contribution in [2.24, 2.45) is 11.8 Å². The zero-order valence-corrected chi connectivity index (χ0v) is 15.0. The highest BCUT2D eigenvalue weighted by atomic mass is 32.2. The number of thioether (sulfide) groups is 1. The Morgan fingerprint density at radius 1 is 1.24 bits per heavy atom. The van der Waals surface area contributed by atoms with Gasteiger partial charge in [0.1, 0.15) is 12.1 Å². The first kappa shape index (κ1) is 18.3. The van der Waals surface area contributed by atoms with Crippen LogP contribution in [-0.2, 0) is 9.59 Å². The van der Waals surface area contributed by atoms with Gasteiger partial charge in [-0.05, 0) is 37.2 Å². The Labute approximate surface area is 133 Å². The third-order valence-electron chi connectivity index (χ3n) is 4.45. The van der Waals surface area contributed by atoms with Gasteiger partial charge in [-0.2, -0.15) is 11.8 Å². The van der Waals surface area contributed by atoms with Gasteiger partial charge in [0.2, 0.25) is 11.8 Å². The number of nitrogens with zero attached hydrogens (tertiary/aromatic N) is 1. The number of rotatable bonds is 7. The number of carbonyl (C=O) groups excluding carboxylic acids is 2. The van der Waals surface area contributed by atoms with E-state index in [4.69, 9.17) is 0 Å². The summed E-state index contributed by atoms with van der Waals surface area (Å²) >= 11 is 1.78. The number of carbonyl (C=O) groups is 2. The van der Waals surface area contributed by atoms with Crippen molar-refractivity contribution in [2.45, 2.75) is 65.6 Å². The van der Waals surface area contributed by atoms with E-state index in [9.17, 15) is 9.59 Å². The molecule has 1 saturated heterocycles. The molecule has 1 fully saturated rings. The summed E-state index contributed by atoms with van der Waals surface area (Å²) in [5, 5.41) is 2.95. The van der Waals surface area contributed by atoms with Gasteiger partial charge in [0.05, 0.1) is 0 Å². The number of nitrogens with one attached hydrogen (secondary N) is 1. The lowest BCUT2D eigenvalue weighted by atomic mass is 9.89. The lowest BCUT2D eigenvalue weighted by molar-refractivity contribution is -0.155. The van der Waals surface area contributed by atoms with Gasteiger partial charge in [0.25, 0.3) is 0 Å². The molecular formula is C16H30N2O2S. The molecule has 0 spiro atoms. The second-order valence-corrected chi connectivity index (χ2v) is 7.42. The fraction of sp³-hybridized carbons (Fsp3) is 0.875. The molecule has 0 aromatic rings. The molecule has 0 radical (unpaired) electrons. The van der Waals surface area contributed by atoms with Crippen LogP contribution in [0, 0.1) is 11.8 Å². The van der Waals surface area contributed by atoms with Crippen LogP contribution in [0.3, 0.4) is 0 Å². The van der Waals surface area contributed by atoms with Gasteiger partial charge < -0.3 is 10.2 Å². The summed E-state index contributed by atoms with van der Waals surface area (Å²) in [6.07, 6.45) is 3.88. The topological polar surface area (TPSA) is 49.4 Å². The molecule has 21 heavy (non-hydrogen) atoms. The van der Waals surface area contributed by atoms with E-state index in [0.29, 0.717) is 0 Å². The summed E-state index contributed by atoms with van der Waals surface area (Å²) in [5.74, 6) is 1.40. The number of hydrogen-bond donors (Lipinski definition) is 1. The first-order valence-electron chi connectivity index (χ1n) is 7.96. The lowest BCUT2D eigenvalue weighted by Gasteiger charge is -2.45. The smallest absolute Gasteiger partial charge is 0.246 e. The molecule has 1 N–H and O–H groups in total. The van der Waals surface area contributed by atoms with Gasteiger partial charge in [-0.15, -0.1) is 0 Å². The Morgan fingerprint density at radius 3 is 2.33 bits per heavy atom. The van der Waals surface area contributed by atoms with E-state index in [1.54, 1.807) is 11.8 Å². The van der Waals surface area contributed by atoms with Crippen molar-refractivity contribution in [2.75, 3.05) is 12.0 Å². The van der Waals surface area contributed by atoms with Crippen LogP contribution < -0.4 is 5.32 Å². The molecule has 0 aromatic carbocycles. The highest BCUT2D eigenvalue weighted by molar-refractivity contribution is 7.98. The summed E-state index contributed by atoms with van der Waals surface area (Å²) in [7, 11) is 0. The van der Waals surface area contributed by atoms with Crippen LogP contribution in [0.15, 0.2) is 0 Å². The molecule has 0 aliphatic carbocycles. The molecule has 1 rings (SSSR count). The third kappa shape index (κ3) is 4.15. The Kier molecular flexibility index (Phi) is 7.04. The first-order valence-corrected chi connectivity index (χ1v) is 9.35. The van der Waals surface area contributed by atoms with E-state index in [1.807, 2.05) is 25.7 Å². The van der Waals surface area contributed by atoms with E-state index < -0.39 is 0 Å². The Morgan fingerprint density at radius 2 is 1.86 bits per heavy atom. The maximum atomic E-state index is 12.9. The highest BCUT2D eigenvalue weighted by Gasteiger charge is 2.45. The normalized spacial score (nSPS) is 26.0. The summed E-state index contributed by atoms with van der Waals surface area (Å²) in [4.78, 5) is 27.2. The van der Waals surface area contributed by atoms with Gasteiger partial charge in [0.15, 0.2) is 0 Å². The van der Waals surface area contributed by atoms with Crippen molar-refractivity contribution in [1.82, 2.24) is 10.2 Å². The van der Waals surface area contributed by atoms with Crippen molar-refractivity contribution in [3.05, 3.63) is 0 Å². The fourth-order valence-electron chi connectivity index (χ4n) is 2.89. The molecule has 0 bridgehead atoms. The van der Waals surface area contributed by atoms with Crippen molar-refractivity contribution < 1.29 is 9.59 Å². The van der Waals surface area contributed by atoms with E-state index >= 15 is 0 Å². The summed E-state index contributed by atoms with van der Waals surface area (Å²) in [6, 6.07) is -0.598. The van der Waals surface area contributed by atoms with E-state index in [0.717, 1.165) is 18.6 Å². The average molecular weight is 314 g/mol. The molecule has 4 unspecified atom stereocenters. The van der Waals surface area contributed by atoms with Gasteiger partial charge >= 0.3 is 0 Å². The van der Waals surface area contributed by atoms with E-state index in [1.165, 1.54) is 0 Å². The van der Waals surface area contributed by atoms with Crippen LogP contribution in [0.4, 0.5) is 0 Å². The fourth-order valence-corrected chi connectivity index (χ4v) is 3.47. The molecule has 122 valence electrons. The highest BCUT2D eigenvalue weighted by Crippen LogP contribution is 2.25. The molecule has 1 aliphatic heterocycles. The molecule has 2 amide bonds. The average Bonchev–Trinajstić information content (AvgIpc) is 2.44. The molecule has 4 nitrogen and oxygen atoms in total. The van der Waals surface area contributed by atoms with Crippen LogP contribution in [-0.4, -0.2) is 46.8 Å². The first-order chi connectivity index (χ1) is 9.84. The molecule has 0 aromatic heterocycles. The maximum Gasteiger partial charge on any atom is 0.246 e. The van der Waals surface area contributed by atoms with Crippen molar-refractivity contribution >= 4 is 23.6 Å². The predicted octanol–water partition coefficient (Wildman–Crippen LogP) is 2.53. The number of amides is 2. The van der Waals surface area contributed by atoms with Crippen LogP contribution in [0.1, 0.15) is 47.5 Å². The zero-order valence-electron chi connectivity index (χ0n) is 14.2. The zero-order chi connectivity index (χ0) is 16.2. The van der Waals surface area contributed by atoms with Crippen molar-refractivity contribution in [1.29, 1.82) is 0 Å².